The summed E-state index contributed by atoms with van der Waals surface area (Å²) in [5, 5.41) is 3.70. The van der Waals surface area contributed by atoms with Gasteiger partial charge in [0, 0.05) is 24.9 Å². The number of carbonyl (C=O) groups excluding carboxylic acids is 1. The molecule has 0 aromatic rings. The van der Waals surface area contributed by atoms with E-state index < -0.39 is 0 Å². The van der Waals surface area contributed by atoms with E-state index in [2.05, 4.69) is 12.2 Å². The molecule has 0 aromatic heterocycles. The summed E-state index contributed by atoms with van der Waals surface area (Å²) < 4.78 is 5.12. The third-order valence-electron chi connectivity index (χ3n) is 3.19. The lowest BCUT2D eigenvalue weighted by atomic mass is 10.2. The predicted octanol–water partition coefficient (Wildman–Crippen LogP) is 1.14. The molecule has 1 aliphatic rings. The summed E-state index contributed by atoms with van der Waals surface area (Å²) in [7, 11) is 1.59. The lowest BCUT2D eigenvalue weighted by Gasteiger charge is -2.21. The number of carbonyl (C=O) groups is 1. The molecule has 0 saturated heterocycles. The number of hydrogen-bond acceptors (Lipinski definition) is 4. The van der Waals surface area contributed by atoms with E-state index >= 15 is 0 Å². The van der Waals surface area contributed by atoms with E-state index in [0.29, 0.717) is 24.3 Å². The van der Waals surface area contributed by atoms with Gasteiger partial charge in [0.1, 0.15) is 0 Å². The van der Waals surface area contributed by atoms with E-state index in [9.17, 15) is 4.79 Å². The van der Waals surface area contributed by atoms with Gasteiger partial charge in [-0.15, -0.1) is 0 Å². The van der Waals surface area contributed by atoms with Gasteiger partial charge in [0.2, 0.25) is 5.91 Å². The molecule has 4 nitrogen and oxygen atoms in total. The summed E-state index contributed by atoms with van der Waals surface area (Å²) >= 11 is 1.95. The van der Waals surface area contributed by atoms with Crippen molar-refractivity contribution in [2.75, 3.05) is 19.4 Å². The maximum absolute atomic E-state index is 11.8. The number of thioether (sulfide) groups is 1. The SMILES string of the molecule is CCSC1CCCC1NC(=O)CC(CN)OC. The van der Waals surface area contributed by atoms with E-state index in [1.165, 1.54) is 12.8 Å². The molecule has 3 N–H and O–H groups in total. The van der Waals surface area contributed by atoms with Crippen molar-refractivity contribution in [1.82, 2.24) is 5.32 Å². The van der Waals surface area contributed by atoms with Crippen LogP contribution in [0.5, 0.6) is 0 Å². The molecule has 0 bridgehead atoms. The normalized spacial score (nSPS) is 25.8. The van der Waals surface area contributed by atoms with Crippen molar-refractivity contribution in [3.8, 4) is 0 Å². The van der Waals surface area contributed by atoms with Gasteiger partial charge in [0.15, 0.2) is 0 Å². The van der Waals surface area contributed by atoms with Crippen molar-refractivity contribution >= 4 is 17.7 Å². The molecule has 100 valence electrons. The van der Waals surface area contributed by atoms with Crippen LogP contribution < -0.4 is 11.1 Å². The number of nitrogens with one attached hydrogen (secondary N) is 1. The minimum atomic E-state index is -0.159. The maximum Gasteiger partial charge on any atom is 0.222 e. The molecule has 1 saturated carbocycles. The fraction of sp³-hybridized carbons (Fsp3) is 0.917. The van der Waals surface area contributed by atoms with E-state index in [1.807, 2.05) is 11.8 Å². The first kappa shape index (κ1) is 14.8. The van der Waals surface area contributed by atoms with Gasteiger partial charge in [-0.25, -0.2) is 0 Å². The smallest absolute Gasteiger partial charge is 0.222 e. The first-order valence-corrected chi connectivity index (χ1v) is 7.40. The van der Waals surface area contributed by atoms with Crippen LogP contribution in [0.4, 0.5) is 0 Å². The molecule has 1 aliphatic carbocycles. The standard InChI is InChI=1S/C12H24N2O2S/c1-3-17-11-6-4-5-10(11)14-12(15)7-9(8-13)16-2/h9-11H,3-8,13H2,1-2H3,(H,14,15). The Morgan fingerprint density at radius 1 is 1.59 bits per heavy atom. The van der Waals surface area contributed by atoms with Crippen molar-refractivity contribution < 1.29 is 9.53 Å². The minimum absolute atomic E-state index is 0.0657. The van der Waals surface area contributed by atoms with Gasteiger partial charge in [0.05, 0.1) is 12.5 Å². The second-order valence-electron chi connectivity index (χ2n) is 4.40. The number of rotatable bonds is 7. The highest BCUT2D eigenvalue weighted by Gasteiger charge is 2.28. The lowest BCUT2D eigenvalue weighted by Crippen LogP contribution is -2.41. The van der Waals surface area contributed by atoms with Crippen LogP contribution in [0.3, 0.4) is 0 Å². The molecule has 1 amide bonds. The quantitative estimate of drug-likeness (QED) is 0.720. The summed E-state index contributed by atoms with van der Waals surface area (Å²) in [6.45, 7) is 2.55. The molecule has 3 unspecified atom stereocenters. The Morgan fingerprint density at radius 3 is 2.94 bits per heavy atom. The van der Waals surface area contributed by atoms with Gasteiger partial charge in [0.25, 0.3) is 0 Å². The van der Waals surface area contributed by atoms with Crippen LogP contribution >= 0.6 is 11.8 Å². The summed E-state index contributed by atoms with van der Waals surface area (Å²) in [6.07, 6.45) is 3.74. The average molecular weight is 260 g/mol. The van der Waals surface area contributed by atoms with Gasteiger partial charge in [-0.1, -0.05) is 13.3 Å². The number of ether oxygens (including phenoxy) is 1. The number of nitrogens with two attached hydrogens (primary N) is 1. The lowest BCUT2D eigenvalue weighted by molar-refractivity contribution is -0.124. The average Bonchev–Trinajstić information content (AvgIpc) is 2.74. The topological polar surface area (TPSA) is 64.4 Å². The highest BCUT2D eigenvalue weighted by Crippen LogP contribution is 2.29. The number of hydrogen-bond donors (Lipinski definition) is 2. The Morgan fingerprint density at radius 2 is 2.35 bits per heavy atom. The van der Waals surface area contributed by atoms with Gasteiger partial charge in [-0.3, -0.25) is 4.79 Å². The van der Waals surface area contributed by atoms with Crippen molar-refractivity contribution in [1.29, 1.82) is 0 Å². The molecule has 0 heterocycles. The zero-order chi connectivity index (χ0) is 12.7. The largest absolute Gasteiger partial charge is 0.380 e. The summed E-state index contributed by atoms with van der Waals surface area (Å²) in [6, 6.07) is 0.336. The molecule has 0 spiro atoms. The Labute approximate surface area is 108 Å². The molecule has 0 aliphatic heterocycles. The first-order chi connectivity index (χ1) is 8.21. The highest BCUT2D eigenvalue weighted by molar-refractivity contribution is 7.99. The number of methoxy groups -OCH3 is 1. The van der Waals surface area contributed by atoms with Crippen LogP contribution in [0.25, 0.3) is 0 Å². The summed E-state index contributed by atoms with van der Waals surface area (Å²) in [5.41, 5.74) is 5.51. The summed E-state index contributed by atoms with van der Waals surface area (Å²) in [4.78, 5) is 11.8. The van der Waals surface area contributed by atoms with Crippen LogP contribution in [0.2, 0.25) is 0 Å². The minimum Gasteiger partial charge on any atom is -0.380 e. The van der Waals surface area contributed by atoms with Gasteiger partial charge < -0.3 is 15.8 Å². The molecule has 1 rings (SSSR count). The van der Waals surface area contributed by atoms with Crippen LogP contribution in [-0.2, 0) is 9.53 Å². The van der Waals surface area contributed by atoms with E-state index in [1.54, 1.807) is 7.11 Å². The van der Waals surface area contributed by atoms with Gasteiger partial charge >= 0.3 is 0 Å². The van der Waals surface area contributed by atoms with Crippen molar-refractivity contribution in [3.63, 3.8) is 0 Å². The Hall–Kier alpha value is -0.260. The summed E-state index contributed by atoms with van der Waals surface area (Å²) in [5.74, 6) is 1.18. The molecule has 1 fully saturated rings. The fourth-order valence-corrected chi connectivity index (χ4v) is 3.44. The first-order valence-electron chi connectivity index (χ1n) is 6.35. The van der Waals surface area contributed by atoms with Crippen LogP contribution in [0, 0.1) is 0 Å². The molecular formula is C12H24N2O2S. The second-order valence-corrected chi connectivity index (χ2v) is 5.91. The van der Waals surface area contributed by atoms with Crippen LogP contribution in [0.1, 0.15) is 32.6 Å². The maximum atomic E-state index is 11.8. The predicted molar refractivity (Wildman–Crippen MR) is 72.2 cm³/mol. The zero-order valence-electron chi connectivity index (χ0n) is 10.8. The van der Waals surface area contributed by atoms with Gasteiger partial charge in [-0.05, 0) is 18.6 Å². The number of amides is 1. The molecular weight excluding hydrogens is 236 g/mol. The fourth-order valence-electron chi connectivity index (χ4n) is 2.24. The van der Waals surface area contributed by atoms with Crippen LogP contribution in [-0.4, -0.2) is 42.7 Å². The van der Waals surface area contributed by atoms with Crippen molar-refractivity contribution in [3.05, 3.63) is 0 Å². The van der Waals surface area contributed by atoms with E-state index in [0.717, 1.165) is 12.2 Å². The zero-order valence-corrected chi connectivity index (χ0v) is 11.6. The third kappa shape index (κ3) is 4.85. The monoisotopic (exact) mass is 260 g/mol. The molecule has 17 heavy (non-hydrogen) atoms. The van der Waals surface area contributed by atoms with Crippen molar-refractivity contribution in [2.45, 2.75) is 50.0 Å². The Kier molecular flexibility index (Phi) is 6.92. The highest BCUT2D eigenvalue weighted by atomic mass is 32.2. The van der Waals surface area contributed by atoms with Crippen LogP contribution in [0.15, 0.2) is 0 Å². The molecule has 3 atom stereocenters. The molecule has 5 heteroatoms. The Bertz CT molecular complexity index is 235. The van der Waals surface area contributed by atoms with E-state index in [4.69, 9.17) is 10.5 Å². The second kappa shape index (κ2) is 7.95. The van der Waals surface area contributed by atoms with E-state index in [-0.39, 0.29) is 12.0 Å². The Balaban J connectivity index is 2.34. The van der Waals surface area contributed by atoms with Gasteiger partial charge in [-0.2, -0.15) is 11.8 Å². The third-order valence-corrected chi connectivity index (χ3v) is 4.51. The molecule has 0 aromatic carbocycles. The van der Waals surface area contributed by atoms with Crippen molar-refractivity contribution in [2.24, 2.45) is 5.73 Å². The molecule has 0 radical (unpaired) electrons.